The second kappa shape index (κ2) is 10.4. The Morgan fingerprint density at radius 1 is 1.12 bits per heavy atom. The molecule has 3 aromatic carbocycles. The third kappa shape index (κ3) is 5.05. The molecule has 0 saturated heterocycles. The quantitative estimate of drug-likeness (QED) is 0.521. The predicted molar refractivity (Wildman–Crippen MR) is 115 cm³/mol. The first kappa shape index (κ1) is 22.8. The highest BCUT2D eigenvalue weighted by Gasteiger charge is 2.28. The van der Waals surface area contributed by atoms with Crippen molar-refractivity contribution in [1.82, 2.24) is 5.32 Å². The molecule has 1 amide bonds. The topological polar surface area (TPSA) is 79.2 Å². The summed E-state index contributed by atoms with van der Waals surface area (Å²) in [6.07, 6.45) is -0.882. The van der Waals surface area contributed by atoms with Crippen LogP contribution in [0.2, 0.25) is 0 Å². The van der Waals surface area contributed by atoms with Crippen LogP contribution in [0.25, 0.3) is 11.1 Å². The number of carbonyl (C=O) groups is 2. The first-order chi connectivity index (χ1) is 15.5. The molecule has 0 aliphatic carbocycles. The van der Waals surface area contributed by atoms with Crippen molar-refractivity contribution in [1.29, 1.82) is 5.26 Å². The third-order valence-corrected chi connectivity index (χ3v) is 4.86. The van der Waals surface area contributed by atoms with Crippen molar-refractivity contribution in [2.45, 2.75) is 19.6 Å². The molecule has 162 valence electrons. The molecule has 1 unspecified atom stereocenters. The van der Waals surface area contributed by atoms with Crippen LogP contribution in [0.15, 0.2) is 60.7 Å². The zero-order chi connectivity index (χ0) is 23.1. The average Bonchev–Trinajstić information content (AvgIpc) is 2.81. The molecule has 0 aliphatic heterocycles. The highest BCUT2D eigenvalue weighted by molar-refractivity contribution is 5.88. The molecule has 3 aromatic rings. The van der Waals surface area contributed by atoms with Crippen LogP contribution in [0.4, 0.5) is 8.78 Å². The van der Waals surface area contributed by atoms with E-state index in [1.165, 1.54) is 0 Å². The number of hydrogen-bond acceptors (Lipinski definition) is 4. The van der Waals surface area contributed by atoms with E-state index in [1.54, 1.807) is 55.5 Å². The van der Waals surface area contributed by atoms with Crippen LogP contribution in [0.1, 0.15) is 40.1 Å². The first-order valence-electron chi connectivity index (χ1n) is 9.90. The van der Waals surface area contributed by atoms with Crippen LogP contribution < -0.4 is 5.32 Å². The largest absolute Gasteiger partial charge is 0.364 e. The van der Waals surface area contributed by atoms with Gasteiger partial charge in [0.15, 0.2) is 12.4 Å². The maximum Gasteiger partial charge on any atom is 0.254 e. The summed E-state index contributed by atoms with van der Waals surface area (Å²) in [7, 11) is 0. The molecule has 0 bridgehead atoms. The van der Waals surface area contributed by atoms with Gasteiger partial charge in [0.25, 0.3) is 5.91 Å². The van der Waals surface area contributed by atoms with E-state index >= 15 is 0 Å². The second-order valence-electron chi connectivity index (χ2n) is 6.92. The molecule has 0 radical (unpaired) electrons. The van der Waals surface area contributed by atoms with E-state index in [0.29, 0.717) is 23.0 Å². The van der Waals surface area contributed by atoms with Gasteiger partial charge in [-0.3, -0.25) is 9.59 Å². The molecule has 1 atom stereocenters. The summed E-state index contributed by atoms with van der Waals surface area (Å²) in [5.41, 5.74) is 1.55. The number of nitrogens with zero attached hydrogens (tertiary/aromatic N) is 1. The van der Waals surface area contributed by atoms with Gasteiger partial charge in [0, 0.05) is 18.7 Å². The smallest absolute Gasteiger partial charge is 0.254 e. The zero-order valence-electron chi connectivity index (χ0n) is 17.3. The van der Waals surface area contributed by atoms with E-state index < -0.39 is 29.2 Å². The third-order valence-electron chi connectivity index (χ3n) is 4.86. The van der Waals surface area contributed by atoms with Gasteiger partial charge in [0.05, 0.1) is 17.2 Å². The summed E-state index contributed by atoms with van der Waals surface area (Å²) in [5.74, 6) is -2.60. The van der Waals surface area contributed by atoms with Gasteiger partial charge in [-0.1, -0.05) is 36.4 Å². The van der Waals surface area contributed by atoms with Gasteiger partial charge in [-0.05, 0) is 47.9 Å². The Morgan fingerprint density at radius 2 is 1.78 bits per heavy atom. The first-order valence-corrected chi connectivity index (χ1v) is 9.90. The molecule has 0 saturated carbocycles. The molecule has 0 fully saturated rings. The Morgan fingerprint density at radius 3 is 2.38 bits per heavy atom. The highest BCUT2D eigenvalue weighted by atomic mass is 19.1. The lowest BCUT2D eigenvalue weighted by atomic mass is 9.97. The minimum Gasteiger partial charge on any atom is -0.364 e. The van der Waals surface area contributed by atoms with Crippen LogP contribution in [0.3, 0.4) is 0 Å². The van der Waals surface area contributed by atoms with Crippen LogP contribution in [0.5, 0.6) is 0 Å². The van der Waals surface area contributed by atoms with Crippen molar-refractivity contribution in [2.75, 3.05) is 6.61 Å². The van der Waals surface area contributed by atoms with E-state index in [4.69, 9.17) is 10.00 Å². The lowest BCUT2D eigenvalue weighted by Gasteiger charge is -2.19. The van der Waals surface area contributed by atoms with Crippen molar-refractivity contribution in [3.8, 4) is 17.2 Å². The molecule has 5 nitrogen and oxygen atoms in total. The molecule has 3 rings (SSSR count). The number of amides is 1. The number of nitriles is 1. The fourth-order valence-corrected chi connectivity index (χ4v) is 3.29. The molecular weight excluding hydrogens is 414 g/mol. The van der Waals surface area contributed by atoms with Gasteiger partial charge in [0.1, 0.15) is 11.6 Å². The van der Waals surface area contributed by atoms with Crippen LogP contribution in [-0.4, -0.2) is 18.8 Å². The average molecular weight is 434 g/mol. The lowest BCUT2D eigenvalue weighted by Crippen LogP contribution is -2.31. The van der Waals surface area contributed by atoms with Crippen LogP contribution in [0, 0.1) is 23.0 Å². The van der Waals surface area contributed by atoms with Gasteiger partial charge in [0.2, 0.25) is 0 Å². The van der Waals surface area contributed by atoms with E-state index in [2.05, 4.69) is 5.32 Å². The minimum atomic E-state index is -1.49. The lowest BCUT2D eigenvalue weighted by molar-refractivity contribution is -0.133. The van der Waals surface area contributed by atoms with Gasteiger partial charge >= 0.3 is 0 Å². The molecular formula is C25H20F2N2O3. The predicted octanol–water partition coefficient (Wildman–Crippen LogP) is 4.71. The molecule has 32 heavy (non-hydrogen) atoms. The normalized spacial score (nSPS) is 11.4. The summed E-state index contributed by atoms with van der Waals surface area (Å²) in [6, 6.07) is 17.2. The van der Waals surface area contributed by atoms with Crippen molar-refractivity contribution < 1.29 is 23.1 Å². The van der Waals surface area contributed by atoms with Crippen molar-refractivity contribution >= 4 is 12.2 Å². The maximum absolute atomic E-state index is 15.0. The van der Waals surface area contributed by atoms with Gasteiger partial charge < -0.3 is 10.1 Å². The molecule has 0 spiro atoms. The summed E-state index contributed by atoms with van der Waals surface area (Å²) in [5, 5.41) is 11.5. The number of halogens is 2. The van der Waals surface area contributed by atoms with E-state index in [-0.39, 0.29) is 18.7 Å². The molecule has 0 aliphatic rings. The van der Waals surface area contributed by atoms with Crippen molar-refractivity contribution in [3.63, 3.8) is 0 Å². The van der Waals surface area contributed by atoms with Gasteiger partial charge in [-0.2, -0.15) is 5.26 Å². The number of rotatable bonds is 8. The number of hydrogen-bond donors (Lipinski definition) is 1. The Hall–Kier alpha value is -3.89. The molecule has 0 aromatic heterocycles. The maximum atomic E-state index is 15.0. The monoisotopic (exact) mass is 434 g/mol. The molecule has 1 N–H and O–H groups in total. The van der Waals surface area contributed by atoms with Gasteiger partial charge in [-0.25, -0.2) is 8.78 Å². The number of benzene rings is 3. The zero-order valence-corrected chi connectivity index (χ0v) is 17.3. The summed E-state index contributed by atoms with van der Waals surface area (Å²) < 4.78 is 35.4. The Bertz CT molecular complexity index is 1150. The summed E-state index contributed by atoms with van der Waals surface area (Å²) >= 11 is 0. The fraction of sp³-hybridized carbons (Fsp3) is 0.160. The number of aldehydes is 1. The SMILES string of the molecule is CCOC(C(=O)NCc1ccc(C#N)cc1)c1c(F)cc(-c2ccccc2C=O)cc1F. The summed E-state index contributed by atoms with van der Waals surface area (Å²) in [4.78, 5) is 24.0. The van der Waals surface area contributed by atoms with Gasteiger partial charge in [-0.15, -0.1) is 0 Å². The fourth-order valence-electron chi connectivity index (χ4n) is 3.29. The summed E-state index contributed by atoms with van der Waals surface area (Å²) in [6.45, 7) is 1.77. The Labute approximate surface area is 184 Å². The van der Waals surface area contributed by atoms with E-state index in [0.717, 1.165) is 17.7 Å². The second-order valence-corrected chi connectivity index (χ2v) is 6.92. The Balaban J connectivity index is 1.87. The minimum absolute atomic E-state index is 0.0591. The van der Waals surface area contributed by atoms with E-state index in [1.807, 2.05) is 6.07 Å². The van der Waals surface area contributed by atoms with Crippen LogP contribution >= 0.6 is 0 Å². The molecule has 0 heterocycles. The van der Waals surface area contributed by atoms with Crippen molar-refractivity contribution in [3.05, 3.63) is 94.6 Å². The number of carbonyl (C=O) groups excluding carboxylic acids is 2. The van der Waals surface area contributed by atoms with Crippen molar-refractivity contribution in [2.24, 2.45) is 0 Å². The van der Waals surface area contributed by atoms with Crippen LogP contribution in [-0.2, 0) is 16.1 Å². The Kier molecular flexibility index (Phi) is 7.42. The highest BCUT2D eigenvalue weighted by Crippen LogP contribution is 2.31. The van der Waals surface area contributed by atoms with E-state index in [9.17, 15) is 18.4 Å². The standard InChI is InChI=1S/C25H20F2N2O3/c1-2-32-24(25(31)29-14-17-9-7-16(13-28)8-10-17)23-21(26)11-19(12-22(23)27)20-6-4-3-5-18(20)15-30/h3-12,15,24H,2,14H2,1H3,(H,29,31). The number of ether oxygens (including phenoxy) is 1. The number of nitrogens with one attached hydrogen (secondary N) is 1. The molecule has 7 heteroatoms.